The molecule has 0 spiro atoms. The summed E-state index contributed by atoms with van der Waals surface area (Å²) in [6.45, 7) is 0.632. The third kappa shape index (κ3) is 3.25. The summed E-state index contributed by atoms with van der Waals surface area (Å²) < 4.78 is 0. The van der Waals surface area contributed by atoms with Gasteiger partial charge >= 0.3 is 0 Å². The first-order valence-corrected chi connectivity index (χ1v) is 9.45. The lowest BCUT2D eigenvalue weighted by atomic mass is 10.1. The number of nitrogens with zero attached hydrogens (tertiary/aromatic N) is 6. The van der Waals surface area contributed by atoms with Gasteiger partial charge in [0, 0.05) is 5.56 Å². The highest BCUT2D eigenvalue weighted by Gasteiger charge is 2.32. The number of hydrogen-bond donors (Lipinski definition) is 0. The highest BCUT2D eigenvalue weighted by atomic mass is 35.5. The number of amides is 1. The summed E-state index contributed by atoms with van der Waals surface area (Å²) in [6.07, 6.45) is 0. The molecule has 0 fully saturated rings. The molecule has 4 aromatic rings. The Morgan fingerprint density at radius 1 is 0.793 bits per heavy atom. The van der Waals surface area contributed by atoms with Crippen LogP contribution in [-0.2, 0) is 13.1 Å². The van der Waals surface area contributed by atoms with Crippen LogP contribution in [0.15, 0.2) is 66.7 Å². The first-order chi connectivity index (χ1) is 14.2. The first kappa shape index (κ1) is 17.5. The second-order valence-electron chi connectivity index (χ2n) is 6.61. The molecule has 0 saturated carbocycles. The van der Waals surface area contributed by atoms with Crippen molar-refractivity contribution in [3.05, 3.63) is 88.8 Å². The van der Waals surface area contributed by atoms with Crippen LogP contribution < -0.4 is 5.01 Å². The molecule has 3 heterocycles. The summed E-state index contributed by atoms with van der Waals surface area (Å²) >= 11 is 5.90. The third-order valence-corrected chi connectivity index (χ3v) is 4.96. The van der Waals surface area contributed by atoms with Gasteiger partial charge in [-0.1, -0.05) is 41.9 Å². The van der Waals surface area contributed by atoms with E-state index in [1.165, 1.54) is 0 Å². The van der Waals surface area contributed by atoms with Crippen LogP contribution in [0.5, 0.6) is 0 Å². The molecule has 0 radical (unpaired) electrons. The number of benzene rings is 2. The number of carbonyl (C=O) groups is 1. The fraction of sp³-hybridized carbons (Fsp3) is 0.0952. The molecule has 1 amide bonds. The zero-order valence-electron chi connectivity index (χ0n) is 15.2. The van der Waals surface area contributed by atoms with Crippen molar-refractivity contribution in [2.45, 2.75) is 13.1 Å². The number of carbonyl (C=O) groups excluding carboxylic acids is 1. The van der Waals surface area contributed by atoms with Crippen molar-refractivity contribution < 1.29 is 4.79 Å². The minimum Gasteiger partial charge on any atom is -0.267 e. The Hall–Kier alpha value is -3.58. The van der Waals surface area contributed by atoms with Crippen LogP contribution in [0.2, 0.25) is 5.15 Å². The molecule has 29 heavy (non-hydrogen) atoms. The second kappa shape index (κ2) is 7.10. The maximum Gasteiger partial charge on any atom is 0.272 e. The smallest absolute Gasteiger partial charge is 0.267 e. The molecule has 0 atom stereocenters. The number of hydrogen-bond acceptors (Lipinski definition) is 6. The Balaban J connectivity index is 1.61. The number of rotatable bonds is 2. The molecule has 7 nitrogen and oxygen atoms in total. The number of hydrazine groups is 1. The lowest BCUT2D eigenvalue weighted by Gasteiger charge is -2.39. The molecule has 2 aromatic heterocycles. The summed E-state index contributed by atoms with van der Waals surface area (Å²) in [5.74, 6) is 0.363. The van der Waals surface area contributed by atoms with Crippen molar-refractivity contribution in [1.29, 1.82) is 0 Å². The molecule has 1 aliphatic heterocycles. The van der Waals surface area contributed by atoms with Crippen LogP contribution in [0.1, 0.15) is 21.7 Å². The molecule has 1 aliphatic rings. The van der Waals surface area contributed by atoms with Crippen molar-refractivity contribution in [3.8, 4) is 0 Å². The van der Waals surface area contributed by atoms with Gasteiger partial charge in [-0.15, -0.1) is 10.2 Å². The molecule has 142 valence electrons. The highest BCUT2D eigenvalue weighted by Crippen LogP contribution is 2.27. The van der Waals surface area contributed by atoms with Crippen molar-refractivity contribution in [2.75, 3.05) is 5.01 Å². The quantitative estimate of drug-likeness (QED) is 0.509. The van der Waals surface area contributed by atoms with Crippen molar-refractivity contribution in [3.63, 3.8) is 0 Å². The maximum atomic E-state index is 13.3. The molecule has 0 unspecified atom stereocenters. The highest BCUT2D eigenvalue weighted by molar-refractivity contribution is 6.29. The Morgan fingerprint density at radius 3 is 2.10 bits per heavy atom. The van der Waals surface area contributed by atoms with E-state index in [0.29, 0.717) is 17.9 Å². The summed E-state index contributed by atoms with van der Waals surface area (Å²) in [6, 6.07) is 20.2. The number of fused-ring (bicyclic) bond motifs is 2. The minimum atomic E-state index is -0.150. The largest absolute Gasteiger partial charge is 0.272 e. The average Bonchev–Trinajstić information content (AvgIpc) is 2.77. The molecule has 0 saturated heterocycles. The van der Waals surface area contributed by atoms with Gasteiger partial charge in [0.1, 0.15) is 0 Å². The Bertz CT molecular complexity index is 1200. The predicted octanol–water partition coefficient (Wildman–Crippen LogP) is 3.65. The normalized spacial score (nSPS) is 13.4. The minimum absolute atomic E-state index is 0.150. The van der Waals surface area contributed by atoms with Crippen LogP contribution in [0.3, 0.4) is 0 Å². The van der Waals surface area contributed by atoms with E-state index in [2.05, 4.69) is 10.2 Å². The summed E-state index contributed by atoms with van der Waals surface area (Å²) in [7, 11) is 0. The molecule has 0 N–H and O–H groups in total. The molecular formula is C21H15ClN6O. The monoisotopic (exact) mass is 402 g/mol. The van der Waals surface area contributed by atoms with Crippen molar-refractivity contribution >= 4 is 34.4 Å². The third-order valence-electron chi connectivity index (χ3n) is 4.75. The molecule has 2 aromatic carbocycles. The van der Waals surface area contributed by atoms with Gasteiger partial charge in [-0.05, 0) is 36.4 Å². The van der Waals surface area contributed by atoms with Gasteiger partial charge in [-0.2, -0.15) is 0 Å². The van der Waals surface area contributed by atoms with Gasteiger partial charge in [0.15, 0.2) is 11.0 Å². The van der Waals surface area contributed by atoms with Crippen LogP contribution >= 0.6 is 11.6 Å². The Morgan fingerprint density at radius 2 is 1.45 bits per heavy atom. The van der Waals surface area contributed by atoms with Gasteiger partial charge in [0.05, 0.1) is 35.5 Å². The maximum absolute atomic E-state index is 13.3. The molecule has 8 heteroatoms. The van der Waals surface area contributed by atoms with E-state index < -0.39 is 0 Å². The summed E-state index contributed by atoms with van der Waals surface area (Å²) in [5, 5.41) is 11.8. The number of halogens is 1. The average molecular weight is 403 g/mol. The number of aromatic nitrogens is 4. The van der Waals surface area contributed by atoms with Crippen LogP contribution in [-0.4, -0.2) is 31.1 Å². The van der Waals surface area contributed by atoms with E-state index in [0.717, 1.165) is 22.4 Å². The number of anilines is 1. The topological polar surface area (TPSA) is 75.1 Å². The number of para-hydroxylation sites is 2. The predicted molar refractivity (Wildman–Crippen MR) is 109 cm³/mol. The van der Waals surface area contributed by atoms with Crippen molar-refractivity contribution in [2.24, 2.45) is 0 Å². The summed E-state index contributed by atoms with van der Waals surface area (Å²) in [5.41, 5.74) is 3.77. The van der Waals surface area contributed by atoms with Gasteiger partial charge in [-0.3, -0.25) is 9.80 Å². The Kier molecular flexibility index (Phi) is 4.29. The zero-order valence-corrected chi connectivity index (χ0v) is 16.0. The van der Waals surface area contributed by atoms with Crippen molar-refractivity contribution in [1.82, 2.24) is 25.2 Å². The van der Waals surface area contributed by atoms with Gasteiger partial charge in [-0.25, -0.2) is 15.0 Å². The standard InChI is InChI=1S/C21H15ClN6O/c22-19-10-11-20(26-25-19)27-12-17-18(24-16-9-5-4-8-15(16)23-17)13-28(27)21(29)14-6-2-1-3-7-14/h1-11H,12-13H2. The second-order valence-corrected chi connectivity index (χ2v) is 6.99. The molecule has 5 rings (SSSR count). The van der Waals surface area contributed by atoms with E-state index in [1.54, 1.807) is 34.3 Å². The molecule has 0 bridgehead atoms. The van der Waals surface area contributed by atoms with Gasteiger partial charge in [0.25, 0.3) is 5.91 Å². The lowest BCUT2D eigenvalue weighted by Crippen LogP contribution is -2.49. The van der Waals surface area contributed by atoms with Crippen LogP contribution in [0, 0.1) is 0 Å². The van der Waals surface area contributed by atoms with E-state index >= 15 is 0 Å². The molecular weight excluding hydrogens is 388 g/mol. The lowest BCUT2D eigenvalue weighted by molar-refractivity contribution is 0.0697. The van der Waals surface area contributed by atoms with Crippen LogP contribution in [0.4, 0.5) is 5.82 Å². The fourth-order valence-electron chi connectivity index (χ4n) is 3.34. The van der Waals surface area contributed by atoms with E-state index in [4.69, 9.17) is 21.6 Å². The molecule has 0 aliphatic carbocycles. The SMILES string of the molecule is O=C(c1ccccc1)N1Cc2nc3ccccc3nc2CN1c1ccc(Cl)nn1. The van der Waals surface area contributed by atoms with E-state index in [9.17, 15) is 4.79 Å². The van der Waals surface area contributed by atoms with Gasteiger partial charge < -0.3 is 0 Å². The fourth-order valence-corrected chi connectivity index (χ4v) is 3.44. The van der Waals surface area contributed by atoms with E-state index in [-0.39, 0.29) is 17.6 Å². The van der Waals surface area contributed by atoms with Crippen LogP contribution in [0.25, 0.3) is 11.0 Å². The van der Waals surface area contributed by atoms with E-state index in [1.807, 2.05) is 42.5 Å². The first-order valence-electron chi connectivity index (χ1n) is 9.07. The van der Waals surface area contributed by atoms with Gasteiger partial charge in [0.2, 0.25) is 0 Å². The summed E-state index contributed by atoms with van der Waals surface area (Å²) in [4.78, 5) is 22.8. The Labute approximate surface area is 171 Å². The zero-order chi connectivity index (χ0) is 19.8.